The van der Waals surface area contributed by atoms with Gasteiger partial charge in [0.2, 0.25) is 0 Å². The molecule has 1 N–H and O–H groups in total. The first-order valence-corrected chi connectivity index (χ1v) is 9.95. The molecule has 1 aromatic carbocycles. The van der Waals surface area contributed by atoms with Crippen molar-refractivity contribution in [3.8, 4) is 0 Å². The van der Waals surface area contributed by atoms with Crippen molar-refractivity contribution in [3.05, 3.63) is 52.2 Å². The Morgan fingerprint density at radius 3 is 2.38 bits per heavy atom. The van der Waals surface area contributed by atoms with Gasteiger partial charge in [-0.3, -0.25) is 4.79 Å². The molecule has 0 bridgehead atoms. The van der Waals surface area contributed by atoms with Gasteiger partial charge in [0.05, 0.1) is 6.54 Å². The minimum absolute atomic E-state index is 0.0830. The highest BCUT2D eigenvalue weighted by Gasteiger charge is 2.17. The first-order chi connectivity index (χ1) is 12.6. The standard InChI is InChI=1S/C20H25N3O2S/c1-22(15-18-7-6-14-26-18)20(25)21-17-10-8-16(9-11-17)19(24)23-12-4-2-3-5-13-23/h6-11,14H,2-5,12-13,15H2,1H3,(H,21,25). The van der Waals surface area contributed by atoms with E-state index in [1.807, 2.05) is 22.4 Å². The summed E-state index contributed by atoms with van der Waals surface area (Å²) in [7, 11) is 1.77. The van der Waals surface area contributed by atoms with Crippen molar-refractivity contribution in [3.63, 3.8) is 0 Å². The minimum atomic E-state index is -0.162. The molecule has 26 heavy (non-hydrogen) atoms. The lowest BCUT2D eigenvalue weighted by Gasteiger charge is -2.20. The molecule has 1 aliphatic heterocycles. The van der Waals surface area contributed by atoms with Crippen LogP contribution in [0.2, 0.25) is 0 Å². The molecule has 3 amide bonds. The van der Waals surface area contributed by atoms with Crippen LogP contribution in [0.25, 0.3) is 0 Å². The molecular weight excluding hydrogens is 346 g/mol. The number of benzene rings is 1. The third kappa shape index (κ3) is 4.85. The minimum Gasteiger partial charge on any atom is -0.339 e. The molecule has 0 radical (unpaired) electrons. The topological polar surface area (TPSA) is 52.7 Å². The van der Waals surface area contributed by atoms with Crippen LogP contribution in [-0.2, 0) is 6.54 Å². The molecule has 0 aliphatic carbocycles. The molecule has 3 rings (SSSR count). The molecule has 0 atom stereocenters. The van der Waals surface area contributed by atoms with E-state index in [0.717, 1.165) is 30.8 Å². The third-order valence-electron chi connectivity index (χ3n) is 4.60. The molecule has 0 unspecified atom stereocenters. The van der Waals surface area contributed by atoms with Crippen LogP contribution in [0, 0.1) is 0 Å². The number of rotatable bonds is 4. The van der Waals surface area contributed by atoms with E-state index in [-0.39, 0.29) is 11.9 Å². The SMILES string of the molecule is CN(Cc1cccs1)C(=O)Nc1ccc(C(=O)N2CCCCCC2)cc1. The molecule has 0 spiro atoms. The average Bonchev–Trinajstić information content (AvgIpc) is 3.01. The Morgan fingerprint density at radius 2 is 1.77 bits per heavy atom. The zero-order chi connectivity index (χ0) is 18.4. The van der Waals surface area contributed by atoms with Gasteiger partial charge in [0.25, 0.3) is 5.91 Å². The van der Waals surface area contributed by atoms with Gasteiger partial charge < -0.3 is 15.1 Å². The molecule has 1 aliphatic rings. The van der Waals surface area contributed by atoms with Crippen molar-refractivity contribution in [2.45, 2.75) is 32.2 Å². The largest absolute Gasteiger partial charge is 0.339 e. The van der Waals surface area contributed by atoms with E-state index in [4.69, 9.17) is 0 Å². The van der Waals surface area contributed by atoms with Gasteiger partial charge in [0.1, 0.15) is 0 Å². The summed E-state index contributed by atoms with van der Waals surface area (Å²) in [4.78, 5) is 29.6. The van der Waals surface area contributed by atoms with Gasteiger partial charge in [-0.25, -0.2) is 4.79 Å². The number of hydrogen-bond donors (Lipinski definition) is 1. The number of hydrogen-bond acceptors (Lipinski definition) is 3. The molecule has 1 aromatic heterocycles. The van der Waals surface area contributed by atoms with E-state index >= 15 is 0 Å². The van der Waals surface area contributed by atoms with Crippen LogP contribution < -0.4 is 5.32 Å². The normalized spacial score (nSPS) is 14.6. The lowest BCUT2D eigenvalue weighted by atomic mass is 10.1. The first kappa shape index (κ1) is 18.5. The summed E-state index contributed by atoms with van der Waals surface area (Å²) >= 11 is 1.63. The van der Waals surface area contributed by atoms with Gasteiger partial charge >= 0.3 is 6.03 Å². The summed E-state index contributed by atoms with van der Waals surface area (Å²) in [6.45, 7) is 2.25. The van der Waals surface area contributed by atoms with Crippen molar-refractivity contribution < 1.29 is 9.59 Å². The summed E-state index contributed by atoms with van der Waals surface area (Å²) in [5.41, 5.74) is 1.37. The fourth-order valence-electron chi connectivity index (χ4n) is 3.08. The predicted octanol–water partition coefficient (Wildman–Crippen LogP) is 4.43. The summed E-state index contributed by atoms with van der Waals surface area (Å²) in [5.74, 6) is 0.0830. The van der Waals surface area contributed by atoms with E-state index in [9.17, 15) is 9.59 Å². The number of nitrogens with zero attached hydrogens (tertiary/aromatic N) is 2. The smallest absolute Gasteiger partial charge is 0.321 e. The molecule has 0 saturated carbocycles. The maximum absolute atomic E-state index is 12.6. The Balaban J connectivity index is 1.56. The lowest BCUT2D eigenvalue weighted by molar-refractivity contribution is 0.0761. The highest BCUT2D eigenvalue weighted by molar-refractivity contribution is 7.09. The van der Waals surface area contributed by atoms with Crippen molar-refractivity contribution in [2.75, 3.05) is 25.5 Å². The third-order valence-corrected chi connectivity index (χ3v) is 5.46. The van der Waals surface area contributed by atoms with E-state index in [1.54, 1.807) is 47.5 Å². The van der Waals surface area contributed by atoms with Crippen LogP contribution in [0.1, 0.15) is 40.9 Å². The Labute approximate surface area is 158 Å². The number of nitrogens with one attached hydrogen (secondary N) is 1. The van der Waals surface area contributed by atoms with Crippen molar-refractivity contribution >= 4 is 29.0 Å². The van der Waals surface area contributed by atoms with Crippen LogP contribution in [0.3, 0.4) is 0 Å². The monoisotopic (exact) mass is 371 g/mol. The molecule has 1 saturated heterocycles. The van der Waals surface area contributed by atoms with Crippen molar-refractivity contribution in [1.82, 2.24) is 9.80 Å². The quantitative estimate of drug-likeness (QED) is 0.864. The number of likely N-dealkylation sites (tertiary alicyclic amines) is 1. The fraction of sp³-hybridized carbons (Fsp3) is 0.400. The van der Waals surface area contributed by atoms with Crippen LogP contribution in [0.4, 0.5) is 10.5 Å². The molecular formula is C20H25N3O2S. The Morgan fingerprint density at radius 1 is 1.08 bits per heavy atom. The number of carbonyl (C=O) groups is 2. The van der Waals surface area contributed by atoms with Crippen molar-refractivity contribution in [2.24, 2.45) is 0 Å². The second-order valence-electron chi connectivity index (χ2n) is 6.65. The van der Waals surface area contributed by atoms with Gasteiger partial charge in [0.15, 0.2) is 0 Å². The molecule has 1 fully saturated rings. The zero-order valence-corrected chi connectivity index (χ0v) is 15.9. The Hall–Kier alpha value is -2.34. The van der Waals surface area contributed by atoms with Crippen LogP contribution in [-0.4, -0.2) is 41.9 Å². The molecule has 6 heteroatoms. The number of anilines is 1. The van der Waals surface area contributed by atoms with Crippen LogP contribution in [0.15, 0.2) is 41.8 Å². The Bertz CT molecular complexity index is 720. The van der Waals surface area contributed by atoms with Gasteiger partial charge in [-0.2, -0.15) is 0 Å². The van der Waals surface area contributed by atoms with Crippen LogP contribution in [0.5, 0.6) is 0 Å². The van der Waals surface area contributed by atoms with E-state index in [0.29, 0.717) is 17.8 Å². The number of amides is 3. The van der Waals surface area contributed by atoms with E-state index < -0.39 is 0 Å². The van der Waals surface area contributed by atoms with E-state index in [1.165, 1.54) is 12.8 Å². The highest BCUT2D eigenvalue weighted by Crippen LogP contribution is 2.16. The zero-order valence-electron chi connectivity index (χ0n) is 15.1. The summed E-state index contributed by atoms with van der Waals surface area (Å²) in [6.07, 6.45) is 4.56. The maximum atomic E-state index is 12.6. The van der Waals surface area contributed by atoms with E-state index in [2.05, 4.69) is 5.32 Å². The second kappa shape index (κ2) is 8.85. The fourth-order valence-corrected chi connectivity index (χ4v) is 3.84. The summed E-state index contributed by atoms with van der Waals surface area (Å²) < 4.78 is 0. The number of thiophene rings is 1. The number of urea groups is 1. The van der Waals surface area contributed by atoms with Gasteiger partial charge in [-0.05, 0) is 48.6 Å². The van der Waals surface area contributed by atoms with Gasteiger partial charge in [-0.15, -0.1) is 11.3 Å². The lowest BCUT2D eigenvalue weighted by Crippen LogP contribution is -2.32. The van der Waals surface area contributed by atoms with Gasteiger partial charge in [-0.1, -0.05) is 18.9 Å². The summed E-state index contributed by atoms with van der Waals surface area (Å²) in [5, 5.41) is 4.88. The number of carbonyl (C=O) groups excluding carboxylic acids is 2. The summed E-state index contributed by atoms with van der Waals surface area (Å²) in [6, 6.07) is 11.0. The Kier molecular flexibility index (Phi) is 6.28. The average molecular weight is 372 g/mol. The molecule has 2 heterocycles. The second-order valence-corrected chi connectivity index (χ2v) is 7.68. The molecule has 2 aromatic rings. The van der Waals surface area contributed by atoms with Crippen LogP contribution >= 0.6 is 11.3 Å². The highest BCUT2D eigenvalue weighted by atomic mass is 32.1. The first-order valence-electron chi connectivity index (χ1n) is 9.07. The van der Waals surface area contributed by atoms with Crippen molar-refractivity contribution in [1.29, 1.82) is 0 Å². The van der Waals surface area contributed by atoms with Gasteiger partial charge in [0, 0.05) is 36.3 Å². The maximum Gasteiger partial charge on any atom is 0.321 e. The predicted molar refractivity (Wildman–Crippen MR) is 106 cm³/mol. The molecule has 138 valence electrons. The molecule has 5 nitrogen and oxygen atoms in total.